The Kier molecular flexibility index (Phi) is 3.54. The van der Waals surface area contributed by atoms with Crippen molar-refractivity contribution >= 4 is 0 Å². The zero-order valence-corrected chi connectivity index (χ0v) is 11.2. The van der Waals surface area contributed by atoms with Crippen LogP contribution in [0.1, 0.15) is 31.4 Å². The Balaban J connectivity index is 1.74. The molecule has 0 spiro atoms. The largest absolute Gasteiger partial charge is 0.314 e. The number of likely N-dealkylation sites (tertiary alicyclic amines) is 1. The van der Waals surface area contributed by atoms with E-state index in [1.807, 2.05) is 6.92 Å². The summed E-state index contributed by atoms with van der Waals surface area (Å²) in [6.07, 6.45) is 2.33. The lowest BCUT2D eigenvalue weighted by Crippen LogP contribution is -2.45. The molecular formula is C15H20F2N2. The molecule has 3 rings (SSSR count). The van der Waals surface area contributed by atoms with Crippen LogP contribution in [0.25, 0.3) is 0 Å². The van der Waals surface area contributed by atoms with Crippen LogP contribution in [0.3, 0.4) is 0 Å². The van der Waals surface area contributed by atoms with Crippen molar-refractivity contribution in [3.63, 3.8) is 0 Å². The van der Waals surface area contributed by atoms with Gasteiger partial charge in [-0.25, -0.2) is 8.78 Å². The van der Waals surface area contributed by atoms with Gasteiger partial charge >= 0.3 is 0 Å². The van der Waals surface area contributed by atoms with E-state index in [4.69, 9.17) is 0 Å². The molecule has 2 aliphatic heterocycles. The summed E-state index contributed by atoms with van der Waals surface area (Å²) in [7, 11) is 0. The first-order valence-corrected chi connectivity index (χ1v) is 7.07. The summed E-state index contributed by atoms with van der Waals surface area (Å²) in [5, 5.41) is 3.53. The molecule has 1 aromatic rings. The van der Waals surface area contributed by atoms with Gasteiger partial charge in [-0.3, -0.25) is 4.90 Å². The van der Waals surface area contributed by atoms with Gasteiger partial charge in [-0.15, -0.1) is 0 Å². The van der Waals surface area contributed by atoms with E-state index >= 15 is 0 Å². The normalized spacial score (nSPS) is 29.2. The molecule has 0 bridgehead atoms. The number of benzene rings is 1. The van der Waals surface area contributed by atoms with E-state index in [0.29, 0.717) is 17.5 Å². The zero-order chi connectivity index (χ0) is 13.4. The van der Waals surface area contributed by atoms with E-state index < -0.39 is 11.6 Å². The van der Waals surface area contributed by atoms with Crippen molar-refractivity contribution in [1.29, 1.82) is 0 Å². The van der Waals surface area contributed by atoms with E-state index in [0.717, 1.165) is 32.1 Å². The maximum atomic E-state index is 13.8. The third kappa shape index (κ3) is 2.51. The second kappa shape index (κ2) is 5.17. The molecule has 2 fully saturated rings. The maximum absolute atomic E-state index is 13.8. The highest BCUT2D eigenvalue weighted by molar-refractivity contribution is 5.22. The van der Waals surface area contributed by atoms with E-state index in [9.17, 15) is 8.78 Å². The van der Waals surface area contributed by atoms with Crippen molar-refractivity contribution in [1.82, 2.24) is 10.2 Å². The molecule has 3 atom stereocenters. The summed E-state index contributed by atoms with van der Waals surface area (Å²) in [5.41, 5.74) is 0.603. The van der Waals surface area contributed by atoms with Crippen LogP contribution in [0.2, 0.25) is 0 Å². The molecule has 104 valence electrons. The molecule has 19 heavy (non-hydrogen) atoms. The van der Waals surface area contributed by atoms with Crippen LogP contribution < -0.4 is 5.32 Å². The predicted octanol–water partition coefficient (Wildman–Crippen LogP) is 2.71. The SMILES string of the molecule is CC(c1ccc(F)cc1F)N1CCC2NCCC2C1. The number of fused-ring (bicyclic) bond motifs is 1. The topological polar surface area (TPSA) is 15.3 Å². The number of piperidine rings is 1. The number of nitrogens with zero attached hydrogens (tertiary/aromatic N) is 1. The van der Waals surface area contributed by atoms with Crippen LogP contribution in [0.4, 0.5) is 8.78 Å². The Morgan fingerprint density at radius 2 is 2.16 bits per heavy atom. The molecule has 0 saturated carbocycles. The van der Waals surface area contributed by atoms with Crippen LogP contribution in [-0.4, -0.2) is 30.6 Å². The summed E-state index contributed by atoms with van der Waals surface area (Å²) in [6, 6.07) is 4.56. The average molecular weight is 266 g/mol. The van der Waals surface area contributed by atoms with Crippen molar-refractivity contribution in [2.45, 2.75) is 31.8 Å². The van der Waals surface area contributed by atoms with Gasteiger partial charge in [0.25, 0.3) is 0 Å². The molecule has 1 aromatic carbocycles. The first-order chi connectivity index (χ1) is 9.15. The standard InChI is InChI=1S/C15H20F2N2/c1-10(13-3-2-12(16)8-14(13)17)19-7-5-15-11(9-19)4-6-18-15/h2-3,8,10-11,15,18H,4-7,9H2,1H3. The third-order valence-electron chi connectivity index (χ3n) is 4.65. The van der Waals surface area contributed by atoms with Gasteiger partial charge in [0.2, 0.25) is 0 Å². The summed E-state index contributed by atoms with van der Waals surface area (Å²) >= 11 is 0. The number of hydrogen-bond donors (Lipinski definition) is 1. The fourth-order valence-corrected chi connectivity index (χ4v) is 3.46. The fourth-order valence-electron chi connectivity index (χ4n) is 3.46. The minimum absolute atomic E-state index is 0.0159. The summed E-state index contributed by atoms with van der Waals surface area (Å²) in [6.45, 7) is 5.10. The van der Waals surface area contributed by atoms with Crippen molar-refractivity contribution in [3.8, 4) is 0 Å². The summed E-state index contributed by atoms with van der Waals surface area (Å²) in [4.78, 5) is 2.32. The van der Waals surface area contributed by atoms with Crippen molar-refractivity contribution < 1.29 is 8.78 Å². The maximum Gasteiger partial charge on any atom is 0.130 e. The monoisotopic (exact) mass is 266 g/mol. The Labute approximate surface area is 112 Å². The number of nitrogens with one attached hydrogen (secondary N) is 1. The summed E-state index contributed by atoms with van der Waals surface area (Å²) in [5.74, 6) is -0.258. The highest BCUT2D eigenvalue weighted by Gasteiger charge is 2.34. The van der Waals surface area contributed by atoms with Gasteiger partial charge in [-0.05, 0) is 38.3 Å². The fraction of sp³-hybridized carbons (Fsp3) is 0.600. The smallest absolute Gasteiger partial charge is 0.130 e. The molecule has 1 N–H and O–H groups in total. The van der Waals surface area contributed by atoms with E-state index in [1.165, 1.54) is 12.5 Å². The second-order valence-corrected chi connectivity index (χ2v) is 5.73. The van der Waals surface area contributed by atoms with E-state index in [-0.39, 0.29) is 6.04 Å². The minimum atomic E-state index is -0.507. The van der Waals surface area contributed by atoms with Crippen LogP contribution in [-0.2, 0) is 0 Å². The molecule has 0 aromatic heterocycles. The van der Waals surface area contributed by atoms with Gasteiger partial charge in [0.05, 0.1) is 0 Å². The third-order valence-corrected chi connectivity index (χ3v) is 4.65. The van der Waals surface area contributed by atoms with Gasteiger partial charge in [0.15, 0.2) is 0 Å². The van der Waals surface area contributed by atoms with Gasteiger partial charge < -0.3 is 5.32 Å². The lowest BCUT2D eigenvalue weighted by molar-refractivity contribution is 0.120. The molecule has 2 saturated heterocycles. The minimum Gasteiger partial charge on any atom is -0.314 e. The molecule has 2 heterocycles. The Morgan fingerprint density at radius 1 is 1.32 bits per heavy atom. The average Bonchev–Trinajstić information content (AvgIpc) is 2.85. The first-order valence-electron chi connectivity index (χ1n) is 7.07. The van der Waals surface area contributed by atoms with Crippen LogP contribution in [0.15, 0.2) is 18.2 Å². The van der Waals surface area contributed by atoms with Crippen molar-refractivity contribution in [2.24, 2.45) is 5.92 Å². The molecule has 2 aliphatic rings. The zero-order valence-electron chi connectivity index (χ0n) is 11.2. The lowest BCUT2D eigenvalue weighted by atomic mass is 9.91. The molecule has 0 radical (unpaired) electrons. The number of halogens is 2. The number of hydrogen-bond acceptors (Lipinski definition) is 2. The molecule has 2 nitrogen and oxygen atoms in total. The van der Waals surface area contributed by atoms with Crippen molar-refractivity contribution in [3.05, 3.63) is 35.4 Å². The van der Waals surface area contributed by atoms with E-state index in [2.05, 4.69) is 10.2 Å². The van der Waals surface area contributed by atoms with Crippen molar-refractivity contribution in [2.75, 3.05) is 19.6 Å². The van der Waals surface area contributed by atoms with Gasteiger partial charge in [0, 0.05) is 36.8 Å². The molecule has 0 amide bonds. The highest BCUT2D eigenvalue weighted by Crippen LogP contribution is 2.31. The summed E-state index contributed by atoms with van der Waals surface area (Å²) < 4.78 is 26.8. The molecule has 4 heteroatoms. The molecule has 3 unspecified atom stereocenters. The van der Waals surface area contributed by atoms with Gasteiger partial charge in [-0.2, -0.15) is 0 Å². The lowest BCUT2D eigenvalue weighted by Gasteiger charge is -2.38. The Bertz CT molecular complexity index is 463. The van der Waals surface area contributed by atoms with E-state index in [1.54, 1.807) is 6.07 Å². The van der Waals surface area contributed by atoms with Crippen LogP contribution in [0, 0.1) is 17.6 Å². The molecular weight excluding hydrogens is 246 g/mol. The Morgan fingerprint density at radius 3 is 2.95 bits per heavy atom. The quantitative estimate of drug-likeness (QED) is 0.885. The number of rotatable bonds is 2. The van der Waals surface area contributed by atoms with Gasteiger partial charge in [-0.1, -0.05) is 6.07 Å². The highest BCUT2D eigenvalue weighted by atomic mass is 19.1. The first kappa shape index (κ1) is 13.0. The Hall–Kier alpha value is -1.00. The second-order valence-electron chi connectivity index (χ2n) is 5.73. The molecule has 0 aliphatic carbocycles. The van der Waals surface area contributed by atoms with Crippen LogP contribution in [0.5, 0.6) is 0 Å². The van der Waals surface area contributed by atoms with Crippen LogP contribution >= 0.6 is 0 Å². The predicted molar refractivity (Wildman–Crippen MR) is 70.9 cm³/mol. The van der Waals surface area contributed by atoms with Gasteiger partial charge in [0.1, 0.15) is 11.6 Å².